The normalized spacial score (nSPS) is 13.8. The zero-order valence-corrected chi connectivity index (χ0v) is 17.1. The maximum Gasteiger partial charge on any atom is 0.242 e. The standard InChI is InChI=1S/C23H30N4O/c1-17-12-18(2)14-19(13-17)8-10-25-23(24-3)26-15-22(28)27-11-9-20-6-4-5-7-21(20)16-27/h4-7,12-14H,8-11,15-16H2,1-3H3,(H2,24,25,26). The van der Waals surface area contributed by atoms with E-state index in [1.807, 2.05) is 11.0 Å². The summed E-state index contributed by atoms with van der Waals surface area (Å²) in [5.74, 6) is 0.766. The molecule has 0 radical (unpaired) electrons. The largest absolute Gasteiger partial charge is 0.356 e. The first-order valence-electron chi connectivity index (χ1n) is 9.91. The molecule has 0 bridgehead atoms. The lowest BCUT2D eigenvalue weighted by molar-refractivity contribution is -0.130. The van der Waals surface area contributed by atoms with Crippen molar-refractivity contribution < 1.29 is 4.79 Å². The molecule has 5 heteroatoms. The van der Waals surface area contributed by atoms with Crippen LogP contribution in [0.5, 0.6) is 0 Å². The fourth-order valence-electron chi connectivity index (χ4n) is 3.74. The van der Waals surface area contributed by atoms with Crippen molar-refractivity contribution in [2.75, 3.05) is 26.7 Å². The van der Waals surface area contributed by atoms with Crippen molar-refractivity contribution in [3.63, 3.8) is 0 Å². The summed E-state index contributed by atoms with van der Waals surface area (Å²) in [6, 6.07) is 15.0. The topological polar surface area (TPSA) is 56.7 Å². The van der Waals surface area contributed by atoms with Gasteiger partial charge in [-0.2, -0.15) is 0 Å². The quantitative estimate of drug-likeness (QED) is 0.621. The molecule has 1 aliphatic heterocycles. The number of guanidine groups is 1. The highest BCUT2D eigenvalue weighted by Crippen LogP contribution is 2.18. The Morgan fingerprint density at radius 1 is 1.07 bits per heavy atom. The Bertz CT molecular complexity index is 839. The Kier molecular flexibility index (Phi) is 6.69. The SMILES string of the molecule is CN=C(NCCc1cc(C)cc(C)c1)NCC(=O)N1CCc2ccccc2C1. The zero-order chi connectivity index (χ0) is 19.9. The van der Waals surface area contributed by atoms with Crippen molar-refractivity contribution in [3.05, 3.63) is 70.3 Å². The molecule has 2 N–H and O–H groups in total. The van der Waals surface area contributed by atoms with E-state index < -0.39 is 0 Å². The minimum atomic E-state index is 0.103. The second kappa shape index (κ2) is 9.40. The molecular formula is C23H30N4O. The number of aryl methyl sites for hydroxylation is 2. The van der Waals surface area contributed by atoms with Gasteiger partial charge in [0.25, 0.3) is 0 Å². The van der Waals surface area contributed by atoms with Gasteiger partial charge >= 0.3 is 0 Å². The van der Waals surface area contributed by atoms with E-state index in [-0.39, 0.29) is 12.5 Å². The number of hydrogen-bond acceptors (Lipinski definition) is 2. The number of fused-ring (bicyclic) bond motifs is 1. The summed E-state index contributed by atoms with van der Waals surface area (Å²) in [5.41, 5.74) is 6.47. The zero-order valence-electron chi connectivity index (χ0n) is 17.1. The van der Waals surface area contributed by atoms with Crippen LogP contribution in [0.15, 0.2) is 47.5 Å². The summed E-state index contributed by atoms with van der Waals surface area (Å²) in [6.45, 7) is 6.73. The predicted octanol–water partition coefficient (Wildman–Crippen LogP) is 2.60. The molecule has 0 aliphatic carbocycles. The molecule has 0 spiro atoms. The number of amides is 1. The van der Waals surface area contributed by atoms with Gasteiger partial charge in [-0.15, -0.1) is 0 Å². The Balaban J connectivity index is 1.44. The van der Waals surface area contributed by atoms with E-state index in [4.69, 9.17) is 0 Å². The summed E-state index contributed by atoms with van der Waals surface area (Å²) in [5, 5.41) is 6.45. The van der Waals surface area contributed by atoms with Crippen molar-refractivity contribution in [3.8, 4) is 0 Å². The molecule has 1 amide bonds. The van der Waals surface area contributed by atoms with Crippen LogP contribution in [0.3, 0.4) is 0 Å². The summed E-state index contributed by atoms with van der Waals surface area (Å²) in [4.78, 5) is 18.7. The third-order valence-corrected chi connectivity index (χ3v) is 5.10. The van der Waals surface area contributed by atoms with Crippen molar-refractivity contribution in [1.82, 2.24) is 15.5 Å². The first-order chi connectivity index (χ1) is 13.5. The maximum atomic E-state index is 12.6. The van der Waals surface area contributed by atoms with Crippen molar-refractivity contribution in [2.45, 2.75) is 33.2 Å². The summed E-state index contributed by atoms with van der Waals surface area (Å²) in [7, 11) is 1.73. The highest BCUT2D eigenvalue weighted by Gasteiger charge is 2.20. The molecular weight excluding hydrogens is 348 g/mol. The Morgan fingerprint density at radius 2 is 1.79 bits per heavy atom. The third kappa shape index (κ3) is 5.35. The molecule has 2 aromatic carbocycles. The fourth-order valence-corrected chi connectivity index (χ4v) is 3.74. The molecule has 0 saturated heterocycles. The third-order valence-electron chi connectivity index (χ3n) is 5.10. The summed E-state index contributed by atoms with van der Waals surface area (Å²) >= 11 is 0. The van der Waals surface area contributed by atoms with Gasteiger partial charge in [0, 0.05) is 26.7 Å². The van der Waals surface area contributed by atoms with Gasteiger partial charge < -0.3 is 15.5 Å². The van der Waals surface area contributed by atoms with E-state index in [9.17, 15) is 4.79 Å². The van der Waals surface area contributed by atoms with Gasteiger partial charge in [-0.05, 0) is 43.4 Å². The number of nitrogens with zero attached hydrogens (tertiary/aromatic N) is 2. The second-order valence-electron chi connectivity index (χ2n) is 7.43. The summed E-state index contributed by atoms with van der Waals surface area (Å²) in [6.07, 6.45) is 1.84. The molecule has 148 valence electrons. The van der Waals surface area contributed by atoms with E-state index in [0.29, 0.717) is 12.5 Å². The molecule has 28 heavy (non-hydrogen) atoms. The molecule has 1 heterocycles. The maximum absolute atomic E-state index is 12.6. The lowest BCUT2D eigenvalue weighted by atomic mass is 10.00. The van der Waals surface area contributed by atoms with Crippen LogP contribution >= 0.6 is 0 Å². The average Bonchev–Trinajstić information content (AvgIpc) is 2.69. The van der Waals surface area contributed by atoms with Crippen LogP contribution in [0.4, 0.5) is 0 Å². The smallest absolute Gasteiger partial charge is 0.242 e. The van der Waals surface area contributed by atoms with Gasteiger partial charge in [0.1, 0.15) is 0 Å². The van der Waals surface area contributed by atoms with Crippen LogP contribution in [-0.2, 0) is 24.2 Å². The highest BCUT2D eigenvalue weighted by molar-refractivity contribution is 5.86. The van der Waals surface area contributed by atoms with E-state index in [0.717, 1.165) is 25.9 Å². The molecule has 0 unspecified atom stereocenters. The van der Waals surface area contributed by atoms with Gasteiger partial charge in [0.15, 0.2) is 5.96 Å². The highest BCUT2D eigenvalue weighted by atomic mass is 16.2. The molecule has 1 aliphatic rings. The molecule has 0 fully saturated rings. The van der Waals surface area contributed by atoms with Crippen molar-refractivity contribution in [1.29, 1.82) is 0 Å². The van der Waals surface area contributed by atoms with Crippen LogP contribution in [0.25, 0.3) is 0 Å². The van der Waals surface area contributed by atoms with Crippen molar-refractivity contribution in [2.24, 2.45) is 4.99 Å². The lowest BCUT2D eigenvalue weighted by Crippen LogP contribution is -2.46. The van der Waals surface area contributed by atoms with Crippen LogP contribution in [0, 0.1) is 13.8 Å². The lowest BCUT2D eigenvalue weighted by Gasteiger charge is -2.29. The molecule has 0 atom stereocenters. The van der Waals surface area contributed by atoms with E-state index in [1.165, 1.54) is 27.8 Å². The fraction of sp³-hybridized carbons (Fsp3) is 0.391. The van der Waals surface area contributed by atoms with Crippen LogP contribution in [0.2, 0.25) is 0 Å². The molecule has 3 rings (SSSR count). The molecule has 0 saturated carbocycles. The van der Waals surface area contributed by atoms with Gasteiger partial charge in [-0.3, -0.25) is 9.79 Å². The van der Waals surface area contributed by atoms with E-state index >= 15 is 0 Å². The predicted molar refractivity (Wildman–Crippen MR) is 115 cm³/mol. The number of nitrogens with one attached hydrogen (secondary N) is 2. The Hall–Kier alpha value is -2.82. The van der Waals surface area contributed by atoms with Crippen LogP contribution in [-0.4, -0.2) is 43.4 Å². The van der Waals surface area contributed by atoms with E-state index in [2.05, 4.69) is 65.9 Å². The minimum Gasteiger partial charge on any atom is -0.356 e. The van der Waals surface area contributed by atoms with E-state index in [1.54, 1.807) is 7.05 Å². The van der Waals surface area contributed by atoms with Gasteiger partial charge in [0.05, 0.1) is 6.54 Å². The Morgan fingerprint density at radius 3 is 2.50 bits per heavy atom. The van der Waals surface area contributed by atoms with Gasteiger partial charge in [-0.1, -0.05) is 53.6 Å². The average molecular weight is 379 g/mol. The second-order valence-corrected chi connectivity index (χ2v) is 7.43. The van der Waals surface area contributed by atoms with Crippen LogP contribution < -0.4 is 10.6 Å². The number of carbonyl (C=O) groups excluding carboxylic acids is 1. The number of rotatable bonds is 5. The monoisotopic (exact) mass is 378 g/mol. The number of benzene rings is 2. The van der Waals surface area contributed by atoms with Crippen LogP contribution in [0.1, 0.15) is 27.8 Å². The molecule has 0 aromatic heterocycles. The first kappa shape index (κ1) is 19.9. The van der Waals surface area contributed by atoms with Gasteiger partial charge in [0.2, 0.25) is 5.91 Å². The Labute approximate surface area is 167 Å². The number of carbonyl (C=O) groups is 1. The number of aliphatic imine (C=N–C) groups is 1. The molecule has 2 aromatic rings. The minimum absolute atomic E-state index is 0.103. The van der Waals surface area contributed by atoms with Crippen molar-refractivity contribution >= 4 is 11.9 Å². The molecule has 5 nitrogen and oxygen atoms in total. The first-order valence-corrected chi connectivity index (χ1v) is 9.91. The number of hydrogen-bond donors (Lipinski definition) is 2. The van der Waals surface area contributed by atoms with Gasteiger partial charge in [-0.25, -0.2) is 0 Å². The summed E-state index contributed by atoms with van der Waals surface area (Å²) < 4.78 is 0.